The molecular formula is C21H19ClN4O. The van der Waals surface area contributed by atoms with Gasteiger partial charge >= 0.3 is 0 Å². The molecule has 0 unspecified atom stereocenters. The molecule has 3 heterocycles. The van der Waals surface area contributed by atoms with Crippen LogP contribution in [-0.2, 0) is 0 Å². The number of benzene rings is 2. The summed E-state index contributed by atoms with van der Waals surface area (Å²) in [6, 6.07) is 14.0. The second-order valence-electron chi connectivity index (χ2n) is 6.71. The van der Waals surface area contributed by atoms with Crippen LogP contribution in [0.4, 0.5) is 5.69 Å². The van der Waals surface area contributed by atoms with E-state index in [-0.39, 0.29) is 0 Å². The summed E-state index contributed by atoms with van der Waals surface area (Å²) >= 11 is 6.21. The standard InChI is InChI=1S/C21H19ClN4O/c1-27-15-5-2-13(3-6-15)20-25-19-16-7-4-14(22)12-18(16)23-9-8-17(19)21-24-10-11-26(20)21/h2-7,12,23H,8-11H2,1H3. The lowest BCUT2D eigenvalue weighted by Crippen LogP contribution is -2.38. The predicted molar refractivity (Wildman–Crippen MR) is 110 cm³/mol. The van der Waals surface area contributed by atoms with Crippen molar-refractivity contribution in [2.75, 3.05) is 32.1 Å². The molecule has 0 aliphatic carbocycles. The zero-order valence-corrected chi connectivity index (χ0v) is 15.8. The van der Waals surface area contributed by atoms with Crippen molar-refractivity contribution in [2.24, 2.45) is 9.98 Å². The van der Waals surface area contributed by atoms with Crippen LogP contribution in [0.25, 0.3) is 5.70 Å². The molecule has 6 heteroatoms. The number of anilines is 1. The summed E-state index contributed by atoms with van der Waals surface area (Å²) in [5.74, 6) is 2.83. The summed E-state index contributed by atoms with van der Waals surface area (Å²) < 4.78 is 5.30. The molecule has 136 valence electrons. The maximum atomic E-state index is 6.21. The summed E-state index contributed by atoms with van der Waals surface area (Å²) in [4.78, 5) is 12.2. The lowest BCUT2D eigenvalue weighted by molar-refractivity contribution is 0.415. The Morgan fingerprint density at radius 2 is 1.96 bits per heavy atom. The van der Waals surface area contributed by atoms with Crippen LogP contribution in [0.2, 0.25) is 5.02 Å². The van der Waals surface area contributed by atoms with Gasteiger partial charge in [0, 0.05) is 40.5 Å². The molecule has 2 aromatic rings. The van der Waals surface area contributed by atoms with E-state index in [1.165, 1.54) is 5.57 Å². The quantitative estimate of drug-likeness (QED) is 0.857. The number of hydrogen-bond acceptors (Lipinski definition) is 5. The molecule has 5 nitrogen and oxygen atoms in total. The monoisotopic (exact) mass is 378 g/mol. The molecule has 0 spiro atoms. The Bertz CT molecular complexity index is 1010. The van der Waals surface area contributed by atoms with Gasteiger partial charge in [0.25, 0.3) is 0 Å². The predicted octanol–water partition coefficient (Wildman–Crippen LogP) is 4.05. The van der Waals surface area contributed by atoms with Crippen LogP contribution < -0.4 is 10.1 Å². The van der Waals surface area contributed by atoms with Gasteiger partial charge in [-0.15, -0.1) is 0 Å². The van der Waals surface area contributed by atoms with E-state index in [2.05, 4.69) is 22.3 Å². The fraction of sp³-hybridized carbons (Fsp3) is 0.238. The minimum Gasteiger partial charge on any atom is -0.497 e. The van der Waals surface area contributed by atoms with Crippen molar-refractivity contribution in [2.45, 2.75) is 6.42 Å². The first-order chi connectivity index (χ1) is 13.2. The maximum absolute atomic E-state index is 6.21. The molecule has 5 rings (SSSR count). The van der Waals surface area contributed by atoms with E-state index in [4.69, 9.17) is 26.3 Å². The third-order valence-corrected chi connectivity index (χ3v) is 5.38. The Kier molecular flexibility index (Phi) is 3.90. The number of hydrogen-bond donors (Lipinski definition) is 1. The van der Waals surface area contributed by atoms with Crippen LogP contribution in [0.3, 0.4) is 0 Å². The fourth-order valence-electron chi connectivity index (χ4n) is 3.86. The largest absolute Gasteiger partial charge is 0.497 e. The van der Waals surface area contributed by atoms with E-state index in [0.717, 1.165) is 71.0 Å². The van der Waals surface area contributed by atoms with Crippen LogP contribution in [-0.4, -0.2) is 43.3 Å². The van der Waals surface area contributed by atoms with Crippen LogP contribution in [0.1, 0.15) is 17.5 Å². The number of amidine groups is 2. The first-order valence-corrected chi connectivity index (χ1v) is 9.45. The van der Waals surface area contributed by atoms with Crippen molar-refractivity contribution in [1.29, 1.82) is 0 Å². The first kappa shape index (κ1) is 16.4. The highest BCUT2D eigenvalue weighted by Gasteiger charge is 2.33. The number of rotatable bonds is 2. The Morgan fingerprint density at radius 3 is 2.78 bits per heavy atom. The van der Waals surface area contributed by atoms with Crippen molar-refractivity contribution >= 4 is 34.7 Å². The van der Waals surface area contributed by atoms with Gasteiger partial charge in [0.2, 0.25) is 0 Å². The Morgan fingerprint density at radius 1 is 1.11 bits per heavy atom. The molecule has 0 radical (unpaired) electrons. The van der Waals surface area contributed by atoms with Gasteiger partial charge in [-0.2, -0.15) is 0 Å². The highest BCUT2D eigenvalue weighted by Crippen LogP contribution is 2.38. The van der Waals surface area contributed by atoms with Crippen LogP contribution in [0.5, 0.6) is 5.75 Å². The number of halogens is 1. The van der Waals surface area contributed by atoms with Crippen molar-refractivity contribution in [3.63, 3.8) is 0 Å². The number of ether oxygens (including phenoxy) is 1. The van der Waals surface area contributed by atoms with Crippen molar-refractivity contribution in [3.8, 4) is 5.75 Å². The van der Waals surface area contributed by atoms with Gasteiger partial charge in [-0.05, 0) is 48.9 Å². The Balaban J connectivity index is 1.69. The minimum atomic E-state index is 0.723. The van der Waals surface area contributed by atoms with E-state index in [1.807, 2.05) is 30.3 Å². The SMILES string of the molecule is COc1ccc(C2=NC3=C(CCNc4cc(Cl)ccc43)C3=NCCN32)cc1. The summed E-state index contributed by atoms with van der Waals surface area (Å²) in [7, 11) is 1.68. The molecule has 1 N–H and O–H groups in total. The lowest BCUT2D eigenvalue weighted by atomic mass is 10.00. The topological polar surface area (TPSA) is 49.2 Å². The minimum absolute atomic E-state index is 0.723. The second kappa shape index (κ2) is 6.43. The fourth-order valence-corrected chi connectivity index (χ4v) is 4.03. The zero-order chi connectivity index (χ0) is 18.4. The van der Waals surface area contributed by atoms with Crippen molar-refractivity contribution < 1.29 is 4.74 Å². The third kappa shape index (κ3) is 2.70. The molecule has 3 aliphatic rings. The number of aliphatic imine (C=N–C) groups is 2. The molecule has 0 bridgehead atoms. The summed E-state index contributed by atoms with van der Waals surface area (Å²) in [5.41, 5.74) is 5.36. The maximum Gasteiger partial charge on any atom is 0.142 e. The van der Waals surface area contributed by atoms with Gasteiger partial charge in [-0.25, -0.2) is 4.99 Å². The molecule has 0 fully saturated rings. The summed E-state index contributed by atoms with van der Waals surface area (Å²) in [6.07, 6.45) is 0.885. The number of nitrogens with zero attached hydrogens (tertiary/aromatic N) is 3. The number of fused-ring (bicyclic) bond motifs is 4. The van der Waals surface area contributed by atoms with Crippen molar-refractivity contribution in [1.82, 2.24) is 4.90 Å². The van der Waals surface area contributed by atoms with Gasteiger partial charge in [-0.3, -0.25) is 4.99 Å². The van der Waals surface area contributed by atoms with E-state index < -0.39 is 0 Å². The molecule has 0 saturated heterocycles. The zero-order valence-electron chi connectivity index (χ0n) is 15.0. The van der Waals surface area contributed by atoms with E-state index in [0.29, 0.717) is 0 Å². The van der Waals surface area contributed by atoms with Gasteiger partial charge in [0.05, 0.1) is 19.4 Å². The highest BCUT2D eigenvalue weighted by atomic mass is 35.5. The van der Waals surface area contributed by atoms with Gasteiger partial charge in [-0.1, -0.05) is 11.6 Å². The van der Waals surface area contributed by atoms with E-state index in [1.54, 1.807) is 7.11 Å². The van der Waals surface area contributed by atoms with Gasteiger partial charge in [0.1, 0.15) is 17.4 Å². The normalized spacial score (nSPS) is 17.9. The van der Waals surface area contributed by atoms with Crippen LogP contribution in [0, 0.1) is 0 Å². The van der Waals surface area contributed by atoms with Crippen LogP contribution in [0.15, 0.2) is 58.0 Å². The Labute approximate surface area is 163 Å². The average Bonchev–Trinajstić information content (AvgIpc) is 3.11. The van der Waals surface area contributed by atoms with Gasteiger partial charge < -0.3 is 15.0 Å². The highest BCUT2D eigenvalue weighted by molar-refractivity contribution is 6.31. The number of methoxy groups -OCH3 is 1. The molecule has 0 amide bonds. The first-order valence-electron chi connectivity index (χ1n) is 9.07. The average molecular weight is 379 g/mol. The molecule has 27 heavy (non-hydrogen) atoms. The molecule has 0 saturated carbocycles. The van der Waals surface area contributed by atoms with E-state index in [9.17, 15) is 0 Å². The molecule has 0 atom stereocenters. The smallest absolute Gasteiger partial charge is 0.142 e. The summed E-state index contributed by atoms with van der Waals surface area (Å²) in [6.45, 7) is 2.49. The summed E-state index contributed by atoms with van der Waals surface area (Å²) in [5, 5.41) is 4.21. The second-order valence-corrected chi connectivity index (χ2v) is 7.15. The van der Waals surface area contributed by atoms with E-state index >= 15 is 0 Å². The molecular weight excluding hydrogens is 360 g/mol. The lowest BCUT2D eigenvalue weighted by Gasteiger charge is -2.29. The van der Waals surface area contributed by atoms with Crippen LogP contribution >= 0.6 is 11.6 Å². The molecule has 0 aromatic heterocycles. The number of nitrogens with one attached hydrogen (secondary N) is 1. The van der Waals surface area contributed by atoms with Gasteiger partial charge in [0.15, 0.2) is 0 Å². The van der Waals surface area contributed by atoms with Crippen molar-refractivity contribution in [3.05, 3.63) is 64.2 Å². The Hall–Kier alpha value is -2.79. The molecule has 2 aromatic carbocycles. The third-order valence-electron chi connectivity index (χ3n) is 5.15. The molecule has 3 aliphatic heterocycles.